The van der Waals surface area contributed by atoms with Gasteiger partial charge in [0.15, 0.2) is 5.69 Å². The summed E-state index contributed by atoms with van der Waals surface area (Å²) in [4.78, 5) is 14.5. The first-order valence-corrected chi connectivity index (χ1v) is 8.12. The Labute approximate surface area is 140 Å². The van der Waals surface area contributed by atoms with Gasteiger partial charge in [-0.1, -0.05) is 23.4 Å². The summed E-state index contributed by atoms with van der Waals surface area (Å²) in [5.41, 5.74) is 0.797. The summed E-state index contributed by atoms with van der Waals surface area (Å²) in [5.74, 6) is -0.436. The molecule has 1 amide bonds. The van der Waals surface area contributed by atoms with Gasteiger partial charge in [0.05, 0.1) is 25.4 Å². The van der Waals surface area contributed by atoms with E-state index in [0.29, 0.717) is 18.7 Å². The number of hydrogen-bond acceptors (Lipinski definition) is 4. The first kappa shape index (κ1) is 16.6. The number of methoxy groups -OCH3 is 1. The number of aromatic nitrogens is 3. The number of likely N-dealkylation sites (tertiary alicyclic amines) is 1. The first-order chi connectivity index (χ1) is 11.7. The molecule has 24 heavy (non-hydrogen) atoms. The van der Waals surface area contributed by atoms with Crippen LogP contribution in [0.2, 0.25) is 0 Å². The fraction of sp³-hybridized carbons (Fsp3) is 0.471. The van der Waals surface area contributed by atoms with Crippen molar-refractivity contribution in [2.24, 2.45) is 0 Å². The normalized spacial score (nSPS) is 17.9. The number of hydrogen-bond donors (Lipinski definition) is 0. The molecular weight excluding hydrogens is 311 g/mol. The number of ether oxygens (including phenoxy) is 1. The van der Waals surface area contributed by atoms with Gasteiger partial charge >= 0.3 is 0 Å². The summed E-state index contributed by atoms with van der Waals surface area (Å²) < 4.78 is 20.4. The highest BCUT2D eigenvalue weighted by atomic mass is 19.1. The molecule has 3 rings (SSSR count). The minimum absolute atomic E-state index is 0.0768. The summed E-state index contributed by atoms with van der Waals surface area (Å²) in [6.07, 6.45) is 4.59. The van der Waals surface area contributed by atoms with Gasteiger partial charge in [0, 0.05) is 19.2 Å². The van der Waals surface area contributed by atoms with Gasteiger partial charge in [0.1, 0.15) is 5.82 Å². The fourth-order valence-electron chi connectivity index (χ4n) is 3.06. The number of piperidine rings is 1. The molecule has 1 saturated heterocycles. The van der Waals surface area contributed by atoms with Crippen LogP contribution < -0.4 is 0 Å². The van der Waals surface area contributed by atoms with Gasteiger partial charge in [-0.25, -0.2) is 9.07 Å². The lowest BCUT2D eigenvalue weighted by Crippen LogP contribution is -2.46. The Morgan fingerprint density at radius 2 is 2.21 bits per heavy atom. The molecule has 1 aromatic carbocycles. The van der Waals surface area contributed by atoms with Crippen LogP contribution >= 0.6 is 0 Å². The SMILES string of the molecule is COCC1CCCCN1C(=O)c1cn(Cc2ccccc2F)nn1. The van der Waals surface area contributed by atoms with E-state index in [1.165, 1.54) is 10.7 Å². The molecule has 0 aliphatic carbocycles. The van der Waals surface area contributed by atoms with Crippen molar-refractivity contribution in [3.63, 3.8) is 0 Å². The predicted octanol–water partition coefficient (Wildman–Crippen LogP) is 2.11. The third kappa shape index (κ3) is 3.62. The fourth-order valence-corrected chi connectivity index (χ4v) is 3.06. The van der Waals surface area contributed by atoms with E-state index in [4.69, 9.17) is 4.74 Å². The van der Waals surface area contributed by atoms with Crippen molar-refractivity contribution < 1.29 is 13.9 Å². The first-order valence-electron chi connectivity index (χ1n) is 8.12. The zero-order valence-corrected chi connectivity index (χ0v) is 13.7. The average Bonchev–Trinajstić information content (AvgIpc) is 3.06. The van der Waals surface area contributed by atoms with E-state index in [1.807, 2.05) is 4.90 Å². The number of halogens is 1. The Kier molecular flexibility index (Phi) is 5.20. The van der Waals surface area contributed by atoms with Crippen LogP contribution in [-0.2, 0) is 11.3 Å². The number of nitrogens with zero attached hydrogens (tertiary/aromatic N) is 4. The quantitative estimate of drug-likeness (QED) is 0.841. The Morgan fingerprint density at radius 3 is 3.00 bits per heavy atom. The second-order valence-electron chi connectivity index (χ2n) is 6.00. The second kappa shape index (κ2) is 7.53. The molecule has 1 aliphatic rings. The molecule has 7 heteroatoms. The molecule has 2 heterocycles. The number of carbonyl (C=O) groups excluding carboxylic acids is 1. The largest absolute Gasteiger partial charge is 0.383 e. The topological polar surface area (TPSA) is 60.2 Å². The van der Waals surface area contributed by atoms with Crippen molar-refractivity contribution in [2.75, 3.05) is 20.3 Å². The number of carbonyl (C=O) groups is 1. The summed E-state index contributed by atoms with van der Waals surface area (Å²) in [6, 6.07) is 6.58. The Bertz CT molecular complexity index is 701. The van der Waals surface area contributed by atoms with Crippen molar-refractivity contribution in [1.29, 1.82) is 0 Å². The van der Waals surface area contributed by atoms with E-state index in [2.05, 4.69) is 10.3 Å². The van der Waals surface area contributed by atoms with Crippen LogP contribution in [-0.4, -0.2) is 52.1 Å². The Balaban J connectivity index is 1.72. The van der Waals surface area contributed by atoms with Crippen LogP contribution in [0.25, 0.3) is 0 Å². The zero-order chi connectivity index (χ0) is 16.9. The molecule has 6 nitrogen and oxygen atoms in total. The van der Waals surface area contributed by atoms with Crippen LogP contribution in [0.5, 0.6) is 0 Å². The highest BCUT2D eigenvalue weighted by Crippen LogP contribution is 2.19. The van der Waals surface area contributed by atoms with Crippen LogP contribution in [0, 0.1) is 5.82 Å². The van der Waals surface area contributed by atoms with Crippen molar-refractivity contribution in [1.82, 2.24) is 19.9 Å². The lowest BCUT2D eigenvalue weighted by Gasteiger charge is -2.34. The van der Waals surface area contributed by atoms with E-state index in [1.54, 1.807) is 31.5 Å². The molecule has 1 atom stereocenters. The Hall–Kier alpha value is -2.28. The van der Waals surface area contributed by atoms with Crippen LogP contribution in [0.3, 0.4) is 0 Å². The van der Waals surface area contributed by atoms with Gasteiger partial charge in [-0.2, -0.15) is 0 Å². The molecule has 128 valence electrons. The van der Waals surface area contributed by atoms with Gasteiger partial charge < -0.3 is 9.64 Å². The lowest BCUT2D eigenvalue weighted by molar-refractivity contribution is 0.0423. The molecule has 1 aliphatic heterocycles. The van der Waals surface area contributed by atoms with Crippen molar-refractivity contribution in [3.8, 4) is 0 Å². The molecule has 0 saturated carbocycles. The van der Waals surface area contributed by atoms with Crippen LogP contribution in [0.4, 0.5) is 4.39 Å². The van der Waals surface area contributed by atoms with Gasteiger partial charge in [-0.05, 0) is 25.3 Å². The molecule has 0 spiro atoms. The van der Waals surface area contributed by atoms with E-state index in [-0.39, 0.29) is 30.0 Å². The highest BCUT2D eigenvalue weighted by molar-refractivity contribution is 5.92. The number of benzene rings is 1. The van der Waals surface area contributed by atoms with Crippen LogP contribution in [0.15, 0.2) is 30.5 Å². The monoisotopic (exact) mass is 332 g/mol. The maximum absolute atomic E-state index is 13.7. The third-order valence-corrected chi connectivity index (χ3v) is 4.29. The van der Waals surface area contributed by atoms with Crippen molar-refractivity contribution >= 4 is 5.91 Å². The van der Waals surface area contributed by atoms with E-state index in [9.17, 15) is 9.18 Å². The molecular formula is C17H21FN4O2. The minimum Gasteiger partial charge on any atom is -0.383 e. The smallest absolute Gasteiger partial charge is 0.276 e. The van der Waals surface area contributed by atoms with E-state index < -0.39 is 0 Å². The van der Waals surface area contributed by atoms with Gasteiger partial charge in [-0.15, -0.1) is 5.10 Å². The lowest BCUT2D eigenvalue weighted by atomic mass is 10.0. The standard InChI is InChI=1S/C17H21FN4O2/c1-24-12-14-7-4-5-9-22(14)17(23)16-11-21(20-19-16)10-13-6-2-3-8-15(13)18/h2-3,6,8,11,14H,4-5,7,9-10,12H2,1H3. The van der Waals surface area contributed by atoms with Gasteiger partial charge in [0.25, 0.3) is 5.91 Å². The molecule has 1 unspecified atom stereocenters. The summed E-state index contributed by atoms with van der Waals surface area (Å²) in [7, 11) is 1.64. The number of amides is 1. The molecule has 0 radical (unpaired) electrons. The maximum atomic E-state index is 13.7. The molecule has 0 bridgehead atoms. The minimum atomic E-state index is -0.294. The molecule has 0 N–H and O–H groups in total. The van der Waals surface area contributed by atoms with Crippen LogP contribution in [0.1, 0.15) is 35.3 Å². The number of rotatable bonds is 5. The average molecular weight is 332 g/mol. The summed E-state index contributed by atoms with van der Waals surface area (Å²) in [5, 5.41) is 7.93. The van der Waals surface area contributed by atoms with Gasteiger partial charge in [0.2, 0.25) is 0 Å². The summed E-state index contributed by atoms with van der Waals surface area (Å²) >= 11 is 0. The molecule has 2 aromatic rings. The molecule has 1 fully saturated rings. The van der Waals surface area contributed by atoms with E-state index in [0.717, 1.165) is 19.3 Å². The second-order valence-corrected chi connectivity index (χ2v) is 6.00. The van der Waals surface area contributed by atoms with Crippen molar-refractivity contribution in [2.45, 2.75) is 31.8 Å². The third-order valence-electron chi connectivity index (χ3n) is 4.29. The van der Waals surface area contributed by atoms with Gasteiger partial charge in [-0.3, -0.25) is 4.79 Å². The van der Waals surface area contributed by atoms with E-state index >= 15 is 0 Å². The Morgan fingerprint density at radius 1 is 1.38 bits per heavy atom. The highest BCUT2D eigenvalue weighted by Gasteiger charge is 2.29. The maximum Gasteiger partial charge on any atom is 0.276 e. The van der Waals surface area contributed by atoms with Crippen molar-refractivity contribution in [3.05, 3.63) is 47.5 Å². The predicted molar refractivity (Wildman–Crippen MR) is 86.1 cm³/mol. The molecule has 1 aromatic heterocycles. The summed E-state index contributed by atoms with van der Waals surface area (Å²) in [6.45, 7) is 1.47. The zero-order valence-electron chi connectivity index (χ0n) is 13.7.